The molecule has 140 valence electrons. The Morgan fingerprint density at radius 3 is 2.44 bits per heavy atom. The summed E-state index contributed by atoms with van der Waals surface area (Å²) in [4.78, 5) is 12.1. The molecule has 0 aliphatic carbocycles. The summed E-state index contributed by atoms with van der Waals surface area (Å²) >= 11 is 0. The Labute approximate surface area is 158 Å². The van der Waals surface area contributed by atoms with E-state index < -0.39 is 0 Å². The van der Waals surface area contributed by atoms with Gasteiger partial charge in [0.1, 0.15) is 0 Å². The van der Waals surface area contributed by atoms with Gasteiger partial charge < -0.3 is 4.52 Å². The predicted octanol–water partition coefficient (Wildman–Crippen LogP) is 4.10. The maximum Gasteiger partial charge on any atom is 0.328 e. The Morgan fingerprint density at radius 1 is 0.963 bits per heavy atom. The number of benzene rings is 2. The first-order valence-corrected chi connectivity index (χ1v) is 9.29. The van der Waals surface area contributed by atoms with Crippen LogP contribution < -0.4 is 5.69 Å². The van der Waals surface area contributed by atoms with E-state index in [-0.39, 0.29) is 11.1 Å². The van der Waals surface area contributed by atoms with Gasteiger partial charge in [-0.2, -0.15) is 0 Å². The minimum Gasteiger partial charge on any atom is -0.356 e. The number of aryl methyl sites for hydroxylation is 4. The molecule has 0 bridgehead atoms. The molecule has 2 heterocycles. The van der Waals surface area contributed by atoms with Crippen molar-refractivity contribution in [3.05, 3.63) is 63.7 Å². The van der Waals surface area contributed by atoms with Gasteiger partial charge >= 0.3 is 5.69 Å². The van der Waals surface area contributed by atoms with Gasteiger partial charge in [0.2, 0.25) is 0 Å². The average molecular weight is 363 g/mol. The number of imidazole rings is 1. The highest BCUT2D eigenvalue weighted by Crippen LogP contribution is 2.28. The van der Waals surface area contributed by atoms with Crippen molar-refractivity contribution in [3.8, 4) is 0 Å². The summed E-state index contributed by atoms with van der Waals surface area (Å²) in [6.45, 7) is 6.58. The summed E-state index contributed by atoms with van der Waals surface area (Å²) in [6.07, 6.45) is 1.65. The normalized spacial score (nSPS) is 12.3. The van der Waals surface area contributed by atoms with Crippen LogP contribution in [0.25, 0.3) is 22.0 Å². The fourth-order valence-corrected chi connectivity index (χ4v) is 3.61. The van der Waals surface area contributed by atoms with E-state index in [1.54, 1.807) is 16.2 Å². The van der Waals surface area contributed by atoms with Gasteiger partial charge in [0.15, 0.2) is 5.58 Å². The van der Waals surface area contributed by atoms with Gasteiger partial charge in [0.25, 0.3) is 0 Å². The lowest BCUT2D eigenvalue weighted by Gasteiger charge is -2.18. The molecular weight excluding hydrogens is 338 g/mol. The van der Waals surface area contributed by atoms with Crippen molar-refractivity contribution in [2.75, 3.05) is 0 Å². The second kappa shape index (κ2) is 6.12. The molecule has 0 atom stereocenters. The number of nitrogens with zero attached hydrogens (tertiary/aromatic N) is 3. The van der Waals surface area contributed by atoms with Crippen LogP contribution >= 0.6 is 0 Å². The van der Waals surface area contributed by atoms with Crippen molar-refractivity contribution in [1.82, 2.24) is 14.3 Å². The summed E-state index contributed by atoms with van der Waals surface area (Å²) in [5.41, 5.74) is 6.25. The lowest BCUT2D eigenvalue weighted by Crippen LogP contribution is -2.19. The van der Waals surface area contributed by atoms with Crippen molar-refractivity contribution in [2.45, 2.75) is 39.0 Å². The Kier molecular flexibility index (Phi) is 3.98. The summed E-state index contributed by atoms with van der Waals surface area (Å²) in [7, 11) is 3.62. The molecular formula is C22H25N3O2. The molecule has 0 aliphatic rings. The van der Waals surface area contributed by atoms with Gasteiger partial charge in [-0.05, 0) is 53.6 Å². The zero-order chi connectivity index (χ0) is 19.3. The fourth-order valence-electron chi connectivity index (χ4n) is 3.61. The lowest BCUT2D eigenvalue weighted by atomic mass is 9.86. The maximum atomic E-state index is 12.1. The predicted molar refractivity (Wildman–Crippen MR) is 108 cm³/mol. The van der Waals surface area contributed by atoms with Crippen LogP contribution in [-0.4, -0.2) is 14.3 Å². The fraction of sp³-hybridized carbons (Fsp3) is 0.364. The van der Waals surface area contributed by atoms with Crippen LogP contribution in [0.15, 0.2) is 45.7 Å². The molecule has 0 saturated heterocycles. The molecule has 4 rings (SSSR count). The highest BCUT2D eigenvalue weighted by atomic mass is 16.5. The minimum absolute atomic E-state index is 0.000650. The van der Waals surface area contributed by atoms with E-state index in [0.29, 0.717) is 0 Å². The molecule has 0 fully saturated rings. The molecule has 27 heavy (non-hydrogen) atoms. The van der Waals surface area contributed by atoms with Crippen molar-refractivity contribution in [1.29, 1.82) is 0 Å². The van der Waals surface area contributed by atoms with Crippen LogP contribution in [0, 0.1) is 0 Å². The van der Waals surface area contributed by atoms with Gasteiger partial charge in [0, 0.05) is 19.5 Å². The molecule has 2 aromatic carbocycles. The van der Waals surface area contributed by atoms with E-state index >= 15 is 0 Å². The summed E-state index contributed by atoms with van der Waals surface area (Å²) in [6, 6.07) is 12.6. The van der Waals surface area contributed by atoms with Gasteiger partial charge in [0.05, 0.1) is 16.7 Å². The number of hydrogen-bond acceptors (Lipinski definition) is 3. The van der Waals surface area contributed by atoms with Crippen LogP contribution in [0.5, 0.6) is 0 Å². The Balaban J connectivity index is 1.61. The smallest absolute Gasteiger partial charge is 0.328 e. The Hall–Kier alpha value is -2.82. The molecule has 4 aromatic rings. The Bertz CT molecular complexity index is 1200. The van der Waals surface area contributed by atoms with Crippen LogP contribution in [0.1, 0.15) is 37.6 Å². The summed E-state index contributed by atoms with van der Waals surface area (Å²) in [5, 5.41) is 5.38. The number of aromatic nitrogens is 3. The molecule has 0 aliphatic heterocycles. The lowest BCUT2D eigenvalue weighted by molar-refractivity contribution is 0.445. The van der Waals surface area contributed by atoms with E-state index in [4.69, 9.17) is 4.52 Å². The minimum atomic E-state index is -0.000650. The van der Waals surface area contributed by atoms with E-state index in [9.17, 15) is 4.79 Å². The topological polar surface area (TPSA) is 53.0 Å². The zero-order valence-electron chi connectivity index (χ0n) is 16.5. The average Bonchev–Trinajstić information content (AvgIpc) is 3.14. The van der Waals surface area contributed by atoms with E-state index in [2.05, 4.69) is 56.3 Å². The van der Waals surface area contributed by atoms with Crippen molar-refractivity contribution < 1.29 is 4.52 Å². The van der Waals surface area contributed by atoms with Gasteiger partial charge in [-0.3, -0.25) is 9.13 Å². The van der Waals surface area contributed by atoms with Crippen molar-refractivity contribution in [3.63, 3.8) is 0 Å². The van der Waals surface area contributed by atoms with E-state index in [1.165, 1.54) is 11.1 Å². The molecule has 0 amide bonds. The standard InChI is InChI=1S/C22H25N3O2/c1-22(2,3)15-8-9-16-17(23-27-20(16)13-15)10-6-14-7-11-18-19(12-14)25(5)21(26)24(18)4/h7-9,11-13H,6,10H2,1-5H3. The van der Waals surface area contributed by atoms with Crippen molar-refractivity contribution >= 4 is 22.0 Å². The molecule has 5 nitrogen and oxygen atoms in total. The Morgan fingerprint density at radius 2 is 1.70 bits per heavy atom. The van der Waals surface area contributed by atoms with Crippen LogP contribution in [-0.2, 0) is 32.4 Å². The third kappa shape index (κ3) is 2.97. The summed E-state index contributed by atoms with van der Waals surface area (Å²) < 4.78 is 8.95. The highest BCUT2D eigenvalue weighted by molar-refractivity contribution is 5.80. The largest absolute Gasteiger partial charge is 0.356 e. The quantitative estimate of drug-likeness (QED) is 0.551. The second-order valence-electron chi connectivity index (χ2n) is 8.31. The van der Waals surface area contributed by atoms with Gasteiger partial charge in [-0.15, -0.1) is 0 Å². The third-order valence-corrected chi connectivity index (χ3v) is 5.40. The van der Waals surface area contributed by atoms with Crippen LogP contribution in [0.4, 0.5) is 0 Å². The van der Waals surface area contributed by atoms with Crippen LogP contribution in [0.3, 0.4) is 0 Å². The molecule has 0 unspecified atom stereocenters. The first kappa shape index (κ1) is 17.6. The molecule has 5 heteroatoms. The molecule has 2 aromatic heterocycles. The van der Waals surface area contributed by atoms with Crippen LogP contribution in [0.2, 0.25) is 0 Å². The molecule has 0 spiro atoms. The second-order valence-corrected chi connectivity index (χ2v) is 8.31. The molecule has 0 N–H and O–H groups in total. The zero-order valence-corrected chi connectivity index (χ0v) is 16.5. The maximum absolute atomic E-state index is 12.1. The third-order valence-electron chi connectivity index (χ3n) is 5.40. The summed E-state index contributed by atoms with van der Waals surface area (Å²) in [5.74, 6) is 0. The number of fused-ring (bicyclic) bond motifs is 2. The monoisotopic (exact) mass is 363 g/mol. The number of rotatable bonds is 3. The highest BCUT2D eigenvalue weighted by Gasteiger charge is 2.17. The molecule has 0 saturated carbocycles. The first-order valence-electron chi connectivity index (χ1n) is 9.29. The first-order chi connectivity index (χ1) is 12.8. The van der Waals surface area contributed by atoms with Crippen molar-refractivity contribution in [2.24, 2.45) is 14.1 Å². The van der Waals surface area contributed by atoms with Gasteiger partial charge in [-0.25, -0.2) is 4.79 Å². The number of hydrogen-bond donors (Lipinski definition) is 0. The van der Waals surface area contributed by atoms with E-state index in [1.807, 2.05) is 13.1 Å². The van der Waals surface area contributed by atoms with E-state index in [0.717, 1.165) is 40.5 Å². The SMILES string of the molecule is Cn1c(=O)n(C)c2cc(CCc3noc4cc(C(C)(C)C)ccc34)ccc21. The molecule has 0 radical (unpaired) electrons. The van der Waals surface area contributed by atoms with Gasteiger partial charge in [-0.1, -0.05) is 38.1 Å².